The van der Waals surface area contributed by atoms with Gasteiger partial charge in [0.05, 0.1) is 24.9 Å². The van der Waals surface area contributed by atoms with Crippen LogP contribution in [0.5, 0.6) is 0 Å². The molecule has 1 aliphatic rings. The summed E-state index contributed by atoms with van der Waals surface area (Å²) in [6.45, 7) is 11.7. The third-order valence-electron chi connectivity index (χ3n) is 3.36. The van der Waals surface area contributed by atoms with Crippen LogP contribution in [0.2, 0.25) is 0 Å². The Bertz CT molecular complexity index is 209. The summed E-state index contributed by atoms with van der Waals surface area (Å²) >= 11 is 0. The van der Waals surface area contributed by atoms with Crippen LogP contribution in [-0.4, -0.2) is 38.0 Å². The minimum atomic E-state index is 0.313. The molecule has 1 fully saturated rings. The quantitative estimate of drug-likeness (QED) is 0.644. The van der Waals surface area contributed by atoms with Gasteiger partial charge in [-0.1, -0.05) is 20.8 Å². The average Bonchev–Trinajstić information content (AvgIpc) is 2.74. The Labute approximate surface area is 113 Å². The minimum absolute atomic E-state index is 0.313. The lowest BCUT2D eigenvalue weighted by Gasteiger charge is -2.19. The van der Waals surface area contributed by atoms with E-state index in [1.807, 2.05) is 0 Å². The fourth-order valence-electron chi connectivity index (χ4n) is 2.50. The lowest BCUT2D eigenvalue weighted by Crippen LogP contribution is -2.29. The second-order valence-corrected chi connectivity index (χ2v) is 5.94. The Morgan fingerprint density at radius 1 is 1.22 bits per heavy atom. The van der Waals surface area contributed by atoms with Gasteiger partial charge in [0.15, 0.2) is 0 Å². The van der Waals surface area contributed by atoms with Crippen molar-refractivity contribution in [3.05, 3.63) is 0 Å². The highest BCUT2D eigenvalue weighted by molar-refractivity contribution is 4.75. The highest BCUT2D eigenvalue weighted by atomic mass is 16.5. The first kappa shape index (κ1) is 15.9. The van der Waals surface area contributed by atoms with E-state index in [0.717, 1.165) is 32.5 Å². The molecule has 0 aromatic heterocycles. The first-order valence-electron chi connectivity index (χ1n) is 7.59. The van der Waals surface area contributed by atoms with E-state index in [2.05, 4.69) is 33.0 Å². The monoisotopic (exact) mass is 257 g/mol. The van der Waals surface area contributed by atoms with Crippen molar-refractivity contribution < 1.29 is 9.47 Å². The molecular weight excluding hydrogens is 226 g/mol. The predicted octanol–water partition coefficient (Wildman–Crippen LogP) is 2.98. The van der Waals surface area contributed by atoms with Crippen molar-refractivity contribution in [1.29, 1.82) is 0 Å². The molecule has 0 saturated carbocycles. The second-order valence-electron chi connectivity index (χ2n) is 5.94. The number of nitrogens with one attached hydrogen (secondary N) is 1. The zero-order valence-corrected chi connectivity index (χ0v) is 12.6. The van der Waals surface area contributed by atoms with Crippen molar-refractivity contribution >= 4 is 0 Å². The van der Waals surface area contributed by atoms with E-state index in [1.54, 1.807) is 0 Å². The average molecular weight is 257 g/mol. The molecule has 108 valence electrons. The van der Waals surface area contributed by atoms with Crippen molar-refractivity contribution in [1.82, 2.24) is 5.32 Å². The van der Waals surface area contributed by atoms with Crippen molar-refractivity contribution in [3.8, 4) is 0 Å². The number of rotatable bonds is 9. The van der Waals surface area contributed by atoms with Crippen LogP contribution in [0.1, 0.15) is 53.4 Å². The Morgan fingerprint density at radius 3 is 2.61 bits per heavy atom. The highest BCUT2D eigenvalue weighted by Gasteiger charge is 2.25. The Hall–Kier alpha value is -0.120. The fourth-order valence-corrected chi connectivity index (χ4v) is 2.50. The molecule has 0 amide bonds. The Balaban J connectivity index is 2.07. The van der Waals surface area contributed by atoms with Gasteiger partial charge in [-0.05, 0) is 45.1 Å². The molecule has 0 radical (unpaired) electrons. The van der Waals surface area contributed by atoms with E-state index < -0.39 is 0 Å². The maximum atomic E-state index is 5.98. The van der Waals surface area contributed by atoms with Gasteiger partial charge < -0.3 is 14.8 Å². The second kappa shape index (κ2) is 8.89. The van der Waals surface area contributed by atoms with Gasteiger partial charge in [0.2, 0.25) is 0 Å². The first-order valence-corrected chi connectivity index (χ1v) is 7.59. The lowest BCUT2D eigenvalue weighted by atomic mass is 10.1. The van der Waals surface area contributed by atoms with Crippen molar-refractivity contribution in [3.63, 3.8) is 0 Å². The van der Waals surface area contributed by atoms with Crippen LogP contribution in [-0.2, 0) is 9.47 Å². The molecule has 1 saturated heterocycles. The standard InChI is InChI=1S/C15H31NO2/c1-5-8-16-10-14-6-7-15(18-14)11-17-13(4)9-12(2)3/h12-16H,5-11H2,1-4H3. The normalized spacial score (nSPS) is 25.8. The summed E-state index contributed by atoms with van der Waals surface area (Å²) < 4.78 is 11.8. The number of ether oxygens (including phenoxy) is 2. The Morgan fingerprint density at radius 2 is 1.94 bits per heavy atom. The van der Waals surface area contributed by atoms with E-state index >= 15 is 0 Å². The van der Waals surface area contributed by atoms with E-state index in [4.69, 9.17) is 9.47 Å². The molecule has 1 heterocycles. The zero-order chi connectivity index (χ0) is 13.4. The van der Waals surface area contributed by atoms with Crippen molar-refractivity contribution in [2.24, 2.45) is 5.92 Å². The van der Waals surface area contributed by atoms with Crippen LogP contribution in [0, 0.1) is 5.92 Å². The molecule has 0 bridgehead atoms. The van der Waals surface area contributed by atoms with Crippen LogP contribution in [0.3, 0.4) is 0 Å². The van der Waals surface area contributed by atoms with Crippen LogP contribution in [0.15, 0.2) is 0 Å². The summed E-state index contributed by atoms with van der Waals surface area (Å²) in [5, 5.41) is 3.42. The van der Waals surface area contributed by atoms with E-state index in [-0.39, 0.29) is 0 Å². The molecule has 3 atom stereocenters. The molecule has 0 aromatic rings. The van der Waals surface area contributed by atoms with Gasteiger partial charge in [0.25, 0.3) is 0 Å². The van der Waals surface area contributed by atoms with Gasteiger partial charge in [-0.15, -0.1) is 0 Å². The molecule has 1 rings (SSSR count). The summed E-state index contributed by atoms with van der Waals surface area (Å²) in [5.41, 5.74) is 0. The largest absolute Gasteiger partial charge is 0.376 e. The van der Waals surface area contributed by atoms with Crippen LogP contribution in [0.4, 0.5) is 0 Å². The van der Waals surface area contributed by atoms with Crippen LogP contribution < -0.4 is 5.32 Å². The molecule has 3 heteroatoms. The molecule has 18 heavy (non-hydrogen) atoms. The topological polar surface area (TPSA) is 30.5 Å². The third kappa shape index (κ3) is 6.72. The smallest absolute Gasteiger partial charge is 0.0814 e. The van der Waals surface area contributed by atoms with Crippen molar-refractivity contribution in [2.75, 3.05) is 19.7 Å². The molecule has 0 spiro atoms. The minimum Gasteiger partial charge on any atom is -0.376 e. The van der Waals surface area contributed by atoms with Crippen LogP contribution in [0.25, 0.3) is 0 Å². The molecule has 1 N–H and O–H groups in total. The first-order chi connectivity index (χ1) is 8.61. The molecular formula is C15H31NO2. The fraction of sp³-hybridized carbons (Fsp3) is 1.00. The van der Waals surface area contributed by atoms with Gasteiger partial charge >= 0.3 is 0 Å². The van der Waals surface area contributed by atoms with E-state index in [1.165, 1.54) is 12.8 Å². The summed E-state index contributed by atoms with van der Waals surface area (Å²) in [7, 11) is 0. The Kier molecular flexibility index (Phi) is 7.87. The highest BCUT2D eigenvalue weighted by Crippen LogP contribution is 2.20. The van der Waals surface area contributed by atoms with Gasteiger partial charge in [0.1, 0.15) is 0 Å². The molecule has 0 aliphatic carbocycles. The molecule has 0 aromatic carbocycles. The molecule has 3 unspecified atom stereocenters. The van der Waals surface area contributed by atoms with Crippen molar-refractivity contribution in [2.45, 2.75) is 71.7 Å². The summed E-state index contributed by atoms with van der Waals surface area (Å²) in [6, 6.07) is 0. The zero-order valence-electron chi connectivity index (χ0n) is 12.6. The summed E-state index contributed by atoms with van der Waals surface area (Å²) in [5.74, 6) is 0.704. The molecule has 1 aliphatic heterocycles. The summed E-state index contributed by atoms with van der Waals surface area (Å²) in [6.07, 6.45) is 5.69. The molecule has 3 nitrogen and oxygen atoms in total. The maximum absolute atomic E-state index is 5.98. The van der Waals surface area contributed by atoms with E-state index in [9.17, 15) is 0 Å². The lowest BCUT2D eigenvalue weighted by molar-refractivity contribution is -0.0405. The van der Waals surface area contributed by atoms with Crippen LogP contribution >= 0.6 is 0 Å². The predicted molar refractivity (Wildman–Crippen MR) is 75.9 cm³/mol. The number of hydrogen-bond donors (Lipinski definition) is 1. The number of hydrogen-bond acceptors (Lipinski definition) is 3. The van der Waals surface area contributed by atoms with E-state index in [0.29, 0.717) is 24.2 Å². The van der Waals surface area contributed by atoms with Gasteiger partial charge in [-0.3, -0.25) is 0 Å². The maximum Gasteiger partial charge on any atom is 0.0814 e. The van der Waals surface area contributed by atoms with Gasteiger partial charge in [-0.25, -0.2) is 0 Å². The van der Waals surface area contributed by atoms with Gasteiger partial charge in [-0.2, -0.15) is 0 Å². The third-order valence-corrected chi connectivity index (χ3v) is 3.36. The van der Waals surface area contributed by atoms with Gasteiger partial charge in [0, 0.05) is 6.54 Å². The SMILES string of the molecule is CCCNCC1CCC(COC(C)CC(C)C)O1. The summed E-state index contributed by atoms with van der Waals surface area (Å²) in [4.78, 5) is 0.